The molecule has 0 atom stereocenters. The molecule has 0 aliphatic heterocycles. The van der Waals surface area contributed by atoms with E-state index in [1.807, 2.05) is 0 Å². The van der Waals surface area contributed by atoms with Crippen LogP contribution in [0, 0.1) is 0 Å². The summed E-state index contributed by atoms with van der Waals surface area (Å²) in [6.45, 7) is 2.17. The Balaban J connectivity index is 2.38. The topological polar surface area (TPSA) is 90.4 Å². The second-order valence-electron chi connectivity index (χ2n) is 4.57. The van der Waals surface area contributed by atoms with Crippen LogP contribution in [0.15, 0.2) is 0 Å². The fourth-order valence-corrected chi connectivity index (χ4v) is 2.55. The number of amides is 1. The highest BCUT2D eigenvalue weighted by atomic mass is 16.6. The molecule has 1 amide bonds. The Morgan fingerprint density at radius 1 is 1.50 bits per heavy atom. The fourth-order valence-electron chi connectivity index (χ4n) is 2.55. The van der Waals surface area contributed by atoms with E-state index in [4.69, 9.17) is 10.5 Å². The van der Waals surface area contributed by atoms with Gasteiger partial charge in [-0.1, -0.05) is 19.3 Å². The highest BCUT2D eigenvalue weighted by molar-refractivity contribution is 5.92. The van der Waals surface area contributed by atoms with E-state index in [9.17, 15) is 10.0 Å². The third-order valence-corrected chi connectivity index (χ3v) is 3.36. The minimum atomic E-state index is -0.621. The van der Waals surface area contributed by atoms with Crippen LogP contribution in [0.4, 0.5) is 0 Å². The van der Waals surface area contributed by atoms with Gasteiger partial charge in [-0.25, -0.2) is 0 Å². The van der Waals surface area contributed by atoms with E-state index >= 15 is 0 Å². The van der Waals surface area contributed by atoms with Crippen molar-refractivity contribution in [1.82, 2.24) is 9.71 Å². The van der Waals surface area contributed by atoms with Crippen LogP contribution in [-0.2, 0) is 0 Å². The van der Waals surface area contributed by atoms with Crippen molar-refractivity contribution in [2.45, 2.75) is 44.9 Å². The van der Waals surface area contributed by atoms with Crippen molar-refractivity contribution in [3.63, 3.8) is 0 Å². The summed E-state index contributed by atoms with van der Waals surface area (Å²) >= 11 is 0. The van der Waals surface area contributed by atoms with Crippen molar-refractivity contribution < 1.29 is 14.7 Å². The monoisotopic (exact) mass is 253 g/mol. The first-order valence-corrected chi connectivity index (χ1v) is 6.39. The fraction of sp³-hybridized carbons (Fsp3) is 0.667. The van der Waals surface area contributed by atoms with Crippen molar-refractivity contribution >= 4 is 5.91 Å². The molecule has 1 aromatic heterocycles. The molecule has 0 unspecified atom stereocenters. The van der Waals surface area contributed by atoms with Crippen LogP contribution in [0.1, 0.15) is 61.1 Å². The molecule has 3 N–H and O–H groups in total. The maximum atomic E-state index is 11.4. The summed E-state index contributed by atoms with van der Waals surface area (Å²) in [4.78, 5) is 15.4. The standard InChI is InChI=1S/C12H19N3O3/c1-2-18-12-14-9(11(13)16)10(15(12)17)8-6-4-3-5-7-8/h8,17H,2-7H2,1H3,(H2,13,16). The third-order valence-electron chi connectivity index (χ3n) is 3.36. The SMILES string of the molecule is CCOc1nc(C(N)=O)c(C2CCCCC2)n1O. The first-order valence-electron chi connectivity index (χ1n) is 6.39. The van der Waals surface area contributed by atoms with E-state index in [1.165, 1.54) is 6.42 Å². The molecular formula is C12H19N3O3. The predicted octanol–water partition coefficient (Wildman–Crippen LogP) is 1.67. The highest BCUT2D eigenvalue weighted by Crippen LogP contribution is 2.35. The maximum absolute atomic E-state index is 11.4. The van der Waals surface area contributed by atoms with Crippen LogP contribution < -0.4 is 10.5 Å². The molecule has 1 heterocycles. The number of nitrogens with zero attached hydrogens (tertiary/aromatic N) is 2. The maximum Gasteiger partial charge on any atom is 0.331 e. The van der Waals surface area contributed by atoms with Gasteiger partial charge in [0.2, 0.25) is 0 Å². The Morgan fingerprint density at radius 3 is 2.72 bits per heavy atom. The normalized spacial score (nSPS) is 16.7. The lowest BCUT2D eigenvalue weighted by Gasteiger charge is -2.21. The largest absolute Gasteiger partial charge is 0.463 e. The number of imidazole rings is 1. The number of ether oxygens (including phenoxy) is 1. The second kappa shape index (κ2) is 5.29. The average Bonchev–Trinajstić information content (AvgIpc) is 2.69. The Hall–Kier alpha value is -1.72. The lowest BCUT2D eigenvalue weighted by Crippen LogP contribution is -2.18. The molecule has 18 heavy (non-hydrogen) atoms. The number of nitrogens with two attached hydrogens (primary N) is 1. The molecule has 1 aliphatic rings. The van der Waals surface area contributed by atoms with Gasteiger partial charge in [-0.05, 0) is 19.8 Å². The summed E-state index contributed by atoms with van der Waals surface area (Å²) in [6, 6.07) is 0.0480. The predicted molar refractivity (Wildman–Crippen MR) is 64.9 cm³/mol. The molecular weight excluding hydrogens is 234 g/mol. The molecule has 1 saturated carbocycles. The van der Waals surface area contributed by atoms with Crippen LogP contribution in [0.2, 0.25) is 0 Å². The van der Waals surface area contributed by atoms with E-state index in [1.54, 1.807) is 6.92 Å². The Bertz CT molecular complexity index is 436. The van der Waals surface area contributed by atoms with Crippen molar-refractivity contribution in [2.24, 2.45) is 5.73 Å². The molecule has 100 valence electrons. The van der Waals surface area contributed by atoms with E-state index in [0.29, 0.717) is 12.3 Å². The lowest BCUT2D eigenvalue weighted by atomic mass is 9.86. The molecule has 2 rings (SSSR count). The lowest BCUT2D eigenvalue weighted by molar-refractivity contribution is 0.0989. The van der Waals surface area contributed by atoms with Crippen LogP contribution in [0.5, 0.6) is 6.01 Å². The molecule has 1 aliphatic carbocycles. The molecule has 6 nitrogen and oxygen atoms in total. The van der Waals surface area contributed by atoms with Crippen LogP contribution in [0.3, 0.4) is 0 Å². The molecule has 0 saturated heterocycles. The molecule has 1 aromatic rings. The van der Waals surface area contributed by atoms with E-state index < -0.39 is 5.91 Å². The summed E-state index contributed by atoms with van der Waals surface area (Å²) in [7, 11) is 0. The highest BCUT2D eigenvalue weighted by Gasteiger charge is 2.29. The number of hydrogen-bond acceptors (Lipinski definition) is 4. The number of rotatable bonds is 4. The van der Waals surface area contributed by atoms with Gasteiger partial charge in [0.05, 0.1) is 12.3 Å². The molecule has 0 spiro atoms. The van der Waals surface area contributed by atoms with E-state index in [0.717, 1.165) is 30.4 Å². The second-order valence-corrected chi connectivity index (χ2v) is 4.57. The minimum absolute atomic E-state index is 0.0480. The Kier molecular flexibility index (Phi) is 3.74. The summed E-state index contributed by atoms with van der Waals surface area (Å²) in [5.41, 5.74) is 5.96. The van der Waals surface area contributed by atoms with E-state index in [2.05, 4.69) is 4.98 Å². The number of carbonyl (C=O) groups is 1. The number of carbonyl (C=O) groups excluding carboxylic acids is 1. The Labute approximate surface area is 106 Å². The van der Waals surface area contributed by atoms with Gasteiger partial charge in [0.15, 0.2) is 5.69 Å². The quantitative estimate of drug-likeness (QED) is 0.798. The summed E-state index contributed by atoms with van der Waals surface area (Å²) < 4.78 is 6.08. The molecule has 0 aromatic carbocycles. The summed E-state index contributed by atoms with van der Waals surface area (Å²) in [5.74, 6) is -0.489. The summed E-state index contributed by atoms with van der Waals surface area (Å²) in [5, 5.41) is 10.1. The van der Waals surface area contributed by atoms with Crippen molar-refractivity contribution in [1.29, 1.82) is 0 Å². The smallest absolute Gasteiger partial charge is 0.331 e. The van der Waals surface area contributed by atoms with Crippen molar-refractivity contribution in [2.75, 3.05) is 6.61 Å². The first kappa shape index (κ1) is 12.7. The zero-order valence-electron chi connectivity index (χ0n) is 10.6. The molecule has 1 fully saturated rings. The van der Waals surface area contributed by atoms with Gasteiger partial charge < -0.3 is 15.7 Å². The number of aromatic nitrogens is 2. The minimum Gasteiger partial charge on any atom is -0.463 e. The molecule has 0 radical (unpaired) electrons. The average molecular weight is 253 g/mol. The zero-order valence-corrected chi connectivity index (χ0v) is 10.6. The van der Waals surface area contributed by atoms with Gasteiger partial charge in [-0.3, -0.25) is 4.79 Å². The number of hydrogen-bond donors (Lipinski definition) is 2. The van der Waals surface area contributed by atoms with Crippen molar-refractivity contribution in [3.05, 3.63) is 11.4 Å². The van der Waals surface area contributed by atoms with Gasteiger partial charge >= 0.3 is 6.01 Å². The van der Waals surface area contributed by atoms with Gasteiger partial charge in [-0.15, -0.1) is 4.73 Å². The van der Waals surface area contributed by atoms with Crippen molar-refractivity contribution in [3.8, 4) is 6.01 Å². The van der Waals surface area contributed by atoms with Gasteiger partial charge in [0.1, 0.15) is 0 Å². The zero-order chi connectivity index (χ0) is 13.1. The Morgan fingerprint density at radius 2 is 2.17 bits per heavy atom. The summed E-state index contributed by atoms with van der Waals surface area (Å²) in [6.07, 6.45) is 5.27. The first-order chi connectivity index (χ1) is 8.65. The van der Waals surface area contributed by atoms with Crippen LogP contribution in [-0.4, -0.2) is 27.4 Å². The van der Waals surface area contributed by atoms with Crippen LogP contribution in [0.25, 0.3) is 0 Å². The van der Waals surface area contributed by atoms with Crippen LogP contribution >= 0.6 is 0 Å². The van der Waals surface area contributed by atoms with E-state index in [-0.39, 0.29) is 17.6 Å². The van der Waals surface area contributed by atoms with Gasteiger partial charge in [0.25, 0.3) is 5.91 Å². The third kappa shape index (κ3) is 2.27. The van der Waals surface area contributed by atoms with Gasteiger partial charge in [0, 0.05) is 5.92 Å². The number of primary amides is 1. The molecule has 6 heteroatoms. The van der Waals surface area contributed by atoms with Gasteiger partial charge in [-0.2, -0.15) is 4.98 Å². The molecule has 0 bridgehead atoms.